The van der Waals surface area contributed by atoms with Crippen LogP contribution in [0.25, 0.3) is 27.7 Å². The average Bonchev–Trinajstić information content (AvgIpc) is 3.34. The van der Waals surface area contributed by atoms with Gasteiger partial charge in [-0.05, 0) is 23.8 Å². The minimum atomic E-state index is -3.46. The molecule has 0 fully saturated rings. The molecule has 6 rings (SSSR count). The van der Waals surface area contributed by atoms with Crippen molar-refractivity contribution in [3.63, 3.8) is 0 Å². The van der Waals surface area contributed by atoms with Crippen LogP contribution in [0, 0.1) is 10.1 Å². The molecule has 0 unspecified atom stereocenters. The van der Waals surface area contributed by atoms with Gasteiger partial charge in [-0.2, -0.15) is 0 Å². The minimum absolute atomic E-state index is 0.00402. The van der Waals surface area contributed by atoms with Crippen molar-refractivity contribution < 1.29 is 9.49 Å². The Kier molecular flexibility index (Phi) is 5.99. The first-order valence-corrected chi connectivity index (χ1v) is 14.0. The predicted octanol–water partition coefficient (Wildman–Crippen LogP) is 6.85. The van der Waals surface area contributed by atoms with E-state index in [-0.39, 0.29) is 5.69 Å². The van der Waals surface area contributed by atoms with Crippen molar-refractivity contribution in [1.29, 1.82) is 0 Å². The van der Waals surface area contributed by atoms with Gasteiger partial charge in [0.1, 0.15) is 5.44 Å². The van der Waals surface area contributed by atoms with Gasteiger partial charge in [0, 0.05) is 39.4 Å². The highest BCUT2D eigenvalue weighted by molar-refractivity contribution is 7.85. The van der Waals surface area contributed by atoms with E-state index in [9.17, 15) is 10.1 Å². The second-order valence-corrected chi connectivity index (χ2v) is 11.6. The maximum Gasteiger partial charge on any atom is 0.269 e. The Labute approximate surface area is 220 Å². The van der Waals surface area contributed by atoms with E-state index in [2.05, 4.69) is 0 Å². The lowest BCUT2D eigenvalue weighted by Gasteiger charge is -2.24. The standard InChI is InChI=1S/C32H23N2O3P/c35-34(36)26-22-20-25(21-23-26)33-30-19-11-10-18-29(30)31(24-12-4-1-5-13-24)32(33)38(37,27-14-6-2-7-15-27)28-16-8-3-9-17-28/h1-23H. The van der Waals surface area contributed by atoms with Crippen molar-refractivity contribution in [3.05, 3.63) is 150 Å². The van der Waals surface area contributed by atoms with Gasteiger partial charge in [0.15, 0.2) is 7.14 Å². The van der Waals surface area contributed by atoms with E-state index < -0.39 is 12.1 Å². The molecule has 5 nitrogen and oxygen atoms in total. The van der Waals surface area contributed by atoms with Crippen molar-refractivity contribution in [2.45, 2.75) is 0 Å². The first kappa shape index (κ1) is 23.7. The van der Waals surface area contributed by atoms with Crippen LogP contribution in [0.3, 0.4) is 0 Å². The van der Waals surface area contributed by atoms with Gasteiger partial charge in [0.25, 0.3) is 5.69 Å². The summed E-state index contributed by atoms with van der Waals surface area (Å²) < 4.78 is 17.8. The molecule has 6 aromatic rings. The van der Waals surface area contributed by atoms with Crippen LogP contribution in [0.4, 0.5) is 5.69 Å². The molecule has 5 aromatic carbocycles. The highest BCUT2D eigenvalue weighted by atomic mass is 31.2. The van der Waals surface area contributed by atoms with E-state index >= 15 is 4.57 Å². The Hall–Kier alpha value is -4.73. The number of rotatable bonds is 6. The van der Waals surface area contributed by atoms with Crippen molar-refractivity contribution in [2.24, 2.45) is 0 Å². The van der Waals surface area contributed by atoms with Gasteiger partial charge in [-0.15, -0.1) is 0 Å². The fourth-order valence-corrected chi connectivity index (χ4v) is 8.11. The molecule has 0 aliphatic carbocycles. The molecule has 0 radical (unpaired) electrons. The van der Waals surface area contributed by atoms with Crippen molar-refractivity contribution >= 4 is 39.8 Å². The van der Waals surface area contributed by atoms with Gasteiger partial charge in [0.2, 0.25) is 0 Å². The zero-order valence-corrected chi connectivity index (χ0v) is 21.2. The van der Waals surface area contributed by atoms with Crippen molar-refractivity contribution in [2.75, 3.05) is 0 Å². The Morgan fingerprint density at radius 1 is 0.605 bits per heavy atom. The first-order chi connectivity index (χ1) is 18.6. The largest absolute Gasteiger partial charge is 0.307 e. The van der Waals surface area contributed by atoms with Crippen molar-refractivity contribution in [1.82, 2.24) is 4.57 Å². The number of non-ortho nitro benzene ring substituents is 1. The van der Waals surface area contributed by atoms with Crippen LogP contribution in [-0.4, -0.2) is 9.49 Å². The topological polar surface area (TPSA) is 65.1 Å². The molecule has 0 N–H and O–H groups in total. The fourth-order valence-electron chi connectivity index (χ4n) is 5.07. The molecule has 1 aromatic heterocycles. The third-order valence-corrected chi connectivity index (χ3v) is 9.84. The lowest BCUT2D eigenvalue weighted by molar-refractivity contribution is -0.384. The minimum Gasteiger partial charge on any atom is -0.307 e. The number of fused-ring (bicyclic) bond motifs is 1. The summed E-state index contributed by atoms with van der Waals surface area (Å²) >= 11 is 0. The Morgan fingerprint density at radius 2 is 1.11 bits per heavy atom. The zero-order chi connectivity index (χ0) is 26.1. The number of para-hydroxylation sites is 1. The van der Waals surface area contributed by atoms with E-state index in [1.807, 2.05) is 120 Å². The second-order valence-electron chi connectivity index (χ2n) is 8.97. The number of benzene rings is 5. The number of aromatic nitrogens is 1. The first-order valence-electron chi connectivity index (χ1n) is 12.2. The van der Waals surface area contributed by atoms with Gasteiger partial charge < -0.3 is 9.13 Å². The third kappa shape index (κ3) is 3.85. The molecule has 0 saturated carbocycles. The molecule has 0 saturated heterocycles. The van der Waals surface area contributed by atoms with E-state index in [0.717, 1.165) is 22.0 Å². The molecule has 38 heavy (non-hydrogen) atoms. The smallest absolute Gasteiger partial charge is 0.269 e. The Bertz CT molecular complexity index is 1750. The maximum absolute atomic E-state index is 15.8. The fraction of sp³-hybridized carbons (Fsp3) is 0. The molecule has 0 aliphatic rings. The quantitative estimate of drug-likeness (QED) is 0.139. The van der Waals surface area contributed by atoms with Crippen LogP contribution in [0.2, 0.25) is 0 Å². The summed E-state index contributed by atoms with van der Waals surface area (Å²) in [7, 11) is -3.46. The summed E-state index contributed by atoms with van der Waals surface area (Å²) in [6.45, 7) is 0. The van der Waals surface area contributed by atoms with E-state index in [0.29, 0.717) is 21.7 Å². The van der Waals surface area contributed by atoms with Gasteiger partial charge >= 0.3 is 0 Å². The molecule has 0 amide bonds. The highest BCUT2D eigenvalue weighted by Gasteiger charge is 2.37. The lowest BCUT2D eigenvalue weighted by Crippen LogP contribution is -2.30. The predicted molar refractivity (Wildman–Crippen MR) is 155 cm³/mol. The van der Waals surface area contributed by atoms with E-state index in [4.69, 9.17) is 0 Å². The number of nitro benzene ring substituents is 1. The molecular weight excluding hydrogens is 491 g/mol. The van der Waals surface area contributed by atoms with Crippen molar-refractivity contribution in [3.8, 4) is 16.8 Å². The molecule has 0 spiro atoms. The highest BCUT2D eigenvalue weighted by Crippen LogP contribution is 2.49. The van der Waals surface area contributed by atoms with Crippen LogP contribution in [0.1, 0.15) is 0 Å². The number of nitro groups is 1. The SMILES string of the molecule is O=[N+]([O-])c1ccc(-n2c(P(=O)(c3ccccc3)c3ccccc3)c(-c3ccccc3)c3ccccc32)cc1. The van der Waals surface area contributed by atoms with Crippen LogP contribution in [-0.2, 0) is 4.57 Å². The van der Waals surface area contributed by atoms with Crippen LogP contribution in [0.5, 0.6) is 0 Å². The second kappa shape index (κ2) is 9.62. The third-order valence-electron chi connectivity index (χ3n) is 6.77. The summed E-state index contributed by atoms with van der Waals surface area (Å²) in [5, 5.41) is 13.8. The number of hydrogen-bond donors (Lipinski definition) is 0. The Balaban J connectivity index is 1.81. The molecule has 0 aliphatic heterocycles. The van der Waals surface area contributed by atoms with Gasteiger partial charge in [-0.3, -0.25) is 10.1 Å². The van der Waals surface area contributed by atoms with Gasteiger partial charge in [-0.25, -0.2) is 0 Å². The monoisotopic (exact) mass is 514 g/mol. The molecule has 0 atom stereocenters. The maximum atomic E-state index is 15.8. The lowest BCUT2D eigenvalue weighted by atomic mass is 10.1. The summed E-state index contributed by atoms with van der Waals surface area (Å²) in [6, 6.07) is 43.6. The number of hydrogen-bond acceptors (Lipinski definition) is 3. The molecule has 6 heteroatoms. The summed E-state index contributed by atoms with van der Waals surface area (Å²) in [5.74, 6) is 0. The van der Waals surface area contributed by atoms with E-state index in [1.54, 1.807) is 12.1 Å². The average molecular weight is 515 g/mol. The zero-order valence-electron chi connectivity index (χ0n) is 20.3. The molecule has 184 valence electrons. The molecule has 0 bridgehead atoms. The van der Waals surface area contributed by atoms with Crippen LogP contribution in [0.15, 0.2) is 140 Å². The summed E-state index contributed by atoms with van der Waals surface area (Å²) in [5.41, 5.74) is 4.08. The van der Waals surface area contributed by atoms with Crippen LogP contribution < -0.4 is 16.0 Å². The normalized spacial score (nSPS) is 11.5. The van der Waals surface area contributed by atoms with Gasteiger partial charge in [-0.1, -0.05) is 109 Å². The van der Waals surface area contributed by atoms with E-state index in [1.165, 1.54) is 12.1 Å². The molecular formula is C32H23N2O3P. The summed E-state index contributed by atoms with van der Waals surface area (Å²) in [4.78, 5) is 11.0. The number of nitrogens with zero attached hydrogens (tertiary/aromatic N) is 2. The van der Waals surface area contributed by atoms with Gasteiger partial charge in [0.05, 0.1) is 10.4 Å². The summed E-state index contributed by atoms with van der Waals surface area (Å²) in [6.07, 6.45) is 0. The molecule has 1 heterocycles. The van der Waals surface area contributed by atoms with Crippen LogP contribution >= 0.6 is 7.14 Å². The Morgan fingerprint density at radius 3 is 1.66 bits per heavy atom.